The van der Waals surface area contributed by atoms with Crippen LogP contribution in [0.15, 0.2) is 59.5 Å². The van der Waals surface area contributed by atoms with E-state index in [4.69, 9.17) is 0 Å². The number of ketones is 1. The van der Waals surface area contributed by atoms with Gasteiger partial charge in [0.2, 0.25) is 0 Å². The molecule has 0 aromatic heterocycles. The van der Waals surface area contributed by atoms with E-state index in [0.29, 0.717) is 17.6 Å². The van der Waals surface area contributed by atoms with Crippen LogP contribution in [0.25, 0.3) is 5.57 Å². The summed E-state index contributed by atoms with van der Waals surface area (Å²) in [5.74, 6) is -0.335. The van der Waals surface area contributed by atoms with Crippen molar-refractivity contribution in [3.8, 4) is 0 Å². The largest absolute Gasteiger partial charge is 0.611 e. The molecule has 0 spiro atoms. The number of halogens is 1. The Morgan fingerprint density at radius 1 is 1.12 bits per heavy atom. The predicted molar refractivity (Wildman–Crippen MR) is 96.1 cm³/mol. The van der Waals surface area contributed by atoms with Crippen molar-refractivity contribution < 1.29 is 13.7 Å². The molecule has 1 N–H and O–H groups in total. The van der Waals surface area contributed by atoms with E-state index in [9.17, 15) is 13.7 Å². The molecule has 2 heterocycles. The summed E-state index contributed by atoms with van der Waals surface area (Å²) in [7, 11) is 0. The van der Waals surface area contributed by atoms with Crippen LogP contribution in [0, 0.1) is 12.7 Å². The van der Waals surface area contributed by atoms with E-state index in [2.05, 4.69) is 5.32 Å². The first-order chi connectivity index (χ1) is 12.0. The first-order valence-electron chi connectivity index (χ1n) is 8.28. The Bertz CT molecular complexity index is 832. The van der Waals surface area contributed by atoms with Gasteiger partial charge in [-0.05, 0) is 47.9 Å². The van der Waals surface area contributed by atoms with Gasteiger partial charge in [0.25, 0.3) is 0 Å². The minimum absolute atomic E-state index is 0.00809. The van der Waals surface area contributed by atoms with E-state index in [1.165, 1.54) is 12.1 Å². The average molecular weight is 355 g/mol. The molecule has 4 atom stereocenters. The van der Waals surface area contributed by atoms with Crippen molar-refractivity contribution in [2.24, 2.45) is 0 Å². The summed E-state index contributed by atoms with van der Waals surface area (Å²) in [5.41, 5.74) is 2.43. The summed E-state index contributed by atoms with van der Waals surface area (Å²) < 4.78 is 26.1. The van der Waals surface area contributed by atoms with E-state index in [1.54, 1.807) is 12.1 Å². The fraction of sp³-hybridized carbons (Fsp3) is 0.250. The van der Waals surface area contributed by atoms with Gasteiger partial charge in [0.05, 0.1) is 12.1 Å². The highest BCUT2D eigenvalue weighted by Gasteiger charge is 2.47. The Kier molecular flexibility index (Phi) is 4.23. The molecule has 1 unspecified atom stereocenters. The van der Waals surface area contributed by atoms with Crippen LogP contribution in [0.1, 0.15) is 17.5 Å². The minimum atomic E-state index is -1.19. The zero-order valence-electron chi connectivity index (χ0n) is 13.7. The van der Waals surface area contributed by atoms with Crippen LogP contribution >= 0.6 is 0 Å². The molecule has 2 aromatic rings. The number of carbonyl (C=O) groups is 1. The Morgan fingerprint density at radius 3 is 2.48 bits per heavy atom. The molecule has 3 nitrogen and oxygen atoms in total. The van der Waals surface area contributed by atoms with E-state index in [1.807, 2.05) is 37.3 Å². The highest BCUT2D eigenvalue weighted by molar-refractivity contribution is 7.92. The standard InChI is InChI=1S/C20H18FNO2S/c1-12-2-8-15(9-3-12)25(24)19-11-18-20(23)16(10-17(19)22-18)13-4-6-14(21)7-5-13/h2-10,17-19,22H,11H2,1H3/t17-,18-,19+,25?/m0/s1. The maximum atomic E-state index is 13.1. The molecule has 0 saturated carbocycles. The van der Waals surface area contributed by atoms with Crippen molar-refractivity contribution >= 4 is 22.5 Å². The zero-order valence-corrected chi connectivity index (χ0v) is 14.6. The van der Waals surface area contributed by atoms with E-state index >= 15 is 0 Å². The number of Topliss-reactive ketones (excluding diaryl/α,β-unsaturated/α-hetero) is 1. The highest BCUT2D eigenvalue weighted by Crippen LogP contribution is 2.35. The van der Waals surface area contributed by atoms with Gasteiger partial charge in [0.1, 0.15) is 11.1 Å². The SMILES string of the molecule is Cc1ccc([S+]([O-])[C@@H]2C[C@@H]3N[C@H]2C=C(c2ccc(F)cc2)C3=O)cc1. The maximum Gasteiger partial charge on any atom is 0.180 e. The Labute approximate surface area is 149 Å². The number of rotatable bonds is 3. The molecule has 5 heteroatoms. The maximum absolute atomic E-state index is 13.1. The van der Waals surface area contributed by atoms with Crippen LogP contribution in [-0.4, -0.2) is 27.7 Å². The first-order valence-corrected chi connectivity index (χ1v) is 9.49. The second kappa shape index (κ2) is 6.41. The smallest absolute Gasteiger partial charge is 0.180 e. The monoisotopic (exact) mass is 355 g/mol. The lowest BCUT2D eigenvalue weighted by molar-refractivity contribution is -0.115. The van der Waals surface area contributed by atoms with Gasteiger partial charge in [-0.1, -0.05) is 35.9 Å². The molecule has 2 aromatic carbocycles. The summed E-state index contributed by atoms with van der Waals surface area (Å²) >= 11 is -1.19. The molecule has 1 saturated heterocycles. The Balaban J connectivity index is 1.63. The fourth-order valence-electron chi connectivity index (χ4n) is 3.51. The fourth-order valence-corrected chi connectivity index (χ4v) is 5.05. The molecule has 2 bridgehead atoms. The number of fused-ring (bicyclic) bond motifs is 2. The number of aryl methyl sites for hydroxylation is 1. The second-order valence-electron chi connectivity index (χ2n) is 6.58. The van der Waals surface area contributed by atoms with Crippen molar-refractivity contribution in [2.75, 3.05) is 0 Å². The second-order valence-corrected chi connectivity index (χ2v) is 8.25. The molecule has 25 heavy (non-hydrogen) atoms. The Morgan fingerprint density at radius 2 is 1.80 bits per heavy atom. The van der Waals surface area contributed by atoms with E-state index in [-0.39, 0.29) is 28.9 Å². The van der Waals surface area contributed by atoms with Crippen LogP contribution in [0.4, 0.5) is 4.39 Å². The first kappa shape index (κ1) is 16.5. The van der Waals surface area contributed by atoms with Crippen LogP contribution in [0.2, 0.25) is 0 Å². The number of nitrogens with one attached hydrogen (secondary N) is 1. The van der Waals surface area contributed by atoms with Gasteiger partial charge in [-0.3, -0.25) is 10.1 Å². The van der Waals surface area contributed by atoms with Crippen LogP contribution in [0.3, 0.4) is 0 Å². The van der Waals surface area contributed by atoms with E-state index < -0.39 is 11.2 Å². The van der Waals surface area contributed by atoms with Gasteiger partial charge in [0, 0.05) is 12.0 Å². The molecule has 128 valence electrons. The predicted octanol–water partition coefficient (Wildman–Crippen LogP) is 3.01. The summed E-state index contributed by atoms with van der Waals surface area (Å²) in [6, 6.07) is 13.2. The number of carbonyl (C=O) groups excluding carboxylic acids is 1. The number of hydrogen-bond acceptors (Lipinski definition) is 3. The molecular formula is C20H18FNO2S. The summed E-state index contributed by atoms with van der Waals surface area (Å²) in [5, 5.41) is 3.13. The molecule has 0 amide bonds. The van der Waals surface area contributed by atoms with Crippen LogP contribution in [-0.2, 0) is 16.0 Å². The third kappa shape index (κ3) is 3.03. The van der Waals surface area contributed by atoms with Gasteiger partial charge in [-0.15, -0.1) is 0 Å². The molecule has 2 aliphatic heterocycles. The molecule has 0 radical (unpaired) electrons. The van der Waals surface area contributed by atoms with Crippen molar-refractivity contribution in [3.05, 3.63) is 71.6 Å². The van der Waals surface area contributed by atoms with Gasteiger partial charge < -0.3 is 4.55 Å². The van der Waals surface area contributed by atoms with Gasteiger partial charge >= 0.3 is 0 Å². The zero-order chi connectivity index (χ0) is 17.6. The molecular weight excluding hydrogens is 337 g/mol. The molecule has 0 aliphatic carbocycles. The Hall–Kier alpha value is -1.95. The topological polar surface area (TPSA) is 52.2 Å². The van der Waals surface area contributed by atoms with Crippen LogP contribution < -0.4 is 5.32 Å². The van der Waals surface area contributed by atoms with Crippen LogP contribution in [0.5, 0.6) is 0 Å². The lowest BCUT2D eigenvalue weighted by atomic mass is 9.95. The third-order valence-corrected chi connectivity index (χ3v) is 6.65. The van der Waals surface area contributed by atoms with Crippen molar-refractivity contribution in [1.82, 2.24) is 5.32 Å². The number of benzene rings is 2. The molecule has 4 rings (SSSR count). The lowest BCUT2D eigenvalue weighted by Crippen LogP contribution is -2.41. The average Bonchev–Trinajstić information content (AvgIpc) is 2.98. The summed E-state index contributed by atoms with van der Waals surface area (Å²) in [4.78, 5) is 13.5. The summed E-state index contributed by atoms with van der Waals surface area (Å²) in [6.45, 7) is 1.99. The van der Waals surface area contributed by atoms with Crippen molar-refractivity contribution in [2.45, 2.75) is 35.6 Å². The van der Waals surface area contributed by atoms with Crippen molar-refractivity contribution in [1.29, 1.82) is 0 Å². The normalized spacial score (nSPS) is 26.4. The van der Waals surface area contributed by atoms with Gasteiger partial charge in [-0.25, -0.2) is 4.39 Å². The quantitative estimate of drug-likeness (QED) is 0.861. The lowest BCUT2D eigenvalue weighted by Gasteiger charge is -2.23. The third-order valence-electron chi connectivity index (χ3n) is 4.87. The highest BCUT2D eigenvalue weighted by atomic mass is 32.2. The van der Waals surface area contributed by atoms with Crippen molar-refractivity contribution in [3.63, 3.8) is 0 Å². The molecule has 2 aliphatic rings. The summed E-state index contributed by atoms with van der Waals surface area (Å²) in [6.07, 6.45) is 2.40. The minimum Gasteiger partial charge on any atom is -0.611 e. The number of hydrogen-bond donors (Lipinski definition) is 1. The molecule has 1 fully saturated rings. The van der Waals surface area contributed by atoms with Gasteiger partial charge in [0.15, 0.2) is 10.7 Å². The van der Waals surface area contributed by atoms with E-state index in [0.717, 1.165) is 10.5 Å². The van der Waals surface area contributed by atoms with Gasteiger partial charge in [-0.2, -0.15) is 0 Å².